The summed E-state index contributed by atoms with van der Waals surface area (Å²) in [6.45, 7) is 5.25. The number of hydrogen-bond acceptors (Lipinski definition) is 2. The van der Waals surface area contributed by atoms with Gasteiger partial charge in [-0.2, -0.15) is 0 Å². The molecule has 2 nitrogen and oxygen atoms in total. The van der Waals surface area contributed by atoms with E-state index in [0.29, 0.717) is 0 Å². The van der Waals surface area contributed by atoms with Crippen molar-refractivity contribution in [2.75, 3.05) is 26.8 Å². The predicted molar refractivity (Wildman–Crippen MR) is 51.3 cm³/mol. The molecule has 1 aliphatic carbocycles. The molecule has 1 aliphatic rings. The fourth-order valence-corrected chi connectivity index (χ4v) is 1.77. The normalized spacial score (nSPS) is 28.5. The van der Waals surface area contributed by atoms with E-state index in [-0.39, 0.29) is 0 Å². The molecule has 1 saturated carbocycles. The topological polar surface area (TPSA) is 21.3 Å². The standard InChI is InChI=1S/C10H21NO/c1-3-6-12-8-10-5-4-9(10)7-11-2/h9-11H,3-8H2,1-2H3. The zero-order valence-electron chi connectivity index (χ0n) is 8.31. The minimum Gasteiger partial charge on any atom is -0.381 e. The first-order valence-electron chi connectivity index (χ1n) is 5.10. The smallest absolute Gasteiger partial charge is 0.0497 e. The Morgan fingerprint density at radius 1 is 1.33 bits per heavy atom. The molecule has 0 bridgehead atoms. The van der Waals surface area contributed by atoms with Crippen LogP contribution in [0, 0.1) is 11.8 Å². The van der Waals surface area contributed by atoms with Crippen LogP contribution >= 0.6 is 0 Å². The Labute approximate surface area is 75.7 Å². The SMILES string of the molecule is CCCOCC1CCC1CNC. The van der Waals surface area contributed by atoms with E-state index in [1.165, 1.54) is 19.4 Å². The van der Waals surface area contributed by atoms with Crippen molar-refractivity contribution in [3.05, 3.63) is 0 Å². The lowest BCUT2D eigenvalue weighted by Crippen LogP contribution is -2.36. The van der Waals surface area contributed by atoms with Crippen LogP contribution in [0.4, 0.5) is 0 Å². The Balaban J connectivity index is 2.00. The second kappa shape index (κ2) is 5.55. The van der Waals surface area contributed by atoms with Gasteiger partial charge in [0.2, 0.25) is 0 Å². The van der Waals surface area contributed by atoms with Gasteiger partial charge >= 0.3 is 0 Å². The molecule has 0 radical (unpaired) electrons. The summed E-state index contributed by atoms with van der Waals surface area (Å²) in [5.74, 6) is 1.72. The first-order valence-corrected chi connectivity index (χ1v) is 5.10. The molecule has 0 spiro atoms. The minimum atomic E-state index is 0.837. The van der Waals surface area contributed by atoms with Crippen molar-refractivity contribution in [3.63, 3.8) is 0 Å². The van der Waals surface area contributed by atoms with Gasteiger partial charge in [-0.15, -0.1) is 0 Å². The number of nitrogens with one attached hydrogen (secondary N) is 1. The quantitative estimate of drug-likeness (QED) is 0.614. The van der Waals surface area contributed by atoms with Crippen LogP contribution in [0.15, 0.2) is 0 Å². The van der Waals surface area contributed by atoms with Crippen molar-refractivity contribution in [1.29, 1.82) is 0 Å². The van der Waals surface area contributed by atoms with Gasteiger partial charge in [0, 0.05) is 13.2 Å². The van der Waals surface area contributed by atoms with Crippen LogP contribution in [-0.4, -0.2) is 26.8 Å². The van der Waals surface area contributed by atoms with Crippen molar-refractivity contribution in [2.45, 2.75) is 26.2 Å². The van der Waals surface area contributed by atoms with Crippen LogP contribution in [-0.2, 0) is 4.74 Å². The van der Waals surface area contributed by atoms with Gasteiger partial charge in [0.25, 0.3) is 0 Å². The molecule has 2 heteroatoms. The first kappa shape index (κ1) is 10.0. The van der Waals surface area contributed by atoms with Crippen LogP contribution in [0.5, 0.6) is 0 Å². The van der Waals surface area contributed by atoms with Crippen molar-refractivity contribution >= 4 is 0 Å². The monoisotopic (exact) mass is 171 g/mol. The molecule has 1 rings (SSSR count). The predicted octanol–water partition coefficient (Wildman–Crippen LogP) is 1.66. The first-order chi connectivity index (χ1) is 5.88. The summed E-state index contributed by atoms with van der Waals surface area (Å²) in [5.41, 5.74) is 0. The van der Waals surface area contributed by atoms with Gasteiger partial charge < -0.3 is 10.1 Å². The summed E-state index contributed by atoms with van der Waals surface area (Å²) >= 11 is 0. The van der Waals surface area contributed by atoms with E-state index < -0.39 is 0 Å². The van der Waals surface area contributed by atoms with Crippen molar-refractivity contribution in [3.8, 4) is 0 Å². The summed E-state index contributed by atoms with van der Waals surface area (Å²) in [4.78, 5) is 0. The van der Waals surface area contributed by atoms with E-state index in [1.807, 2.05) is 7.05 Å². The third-order valence-corrected chi connectivity index (χ3v) is 2.72. The van der Waals surface area contributed by atoms with Gasteiger partial charge in [-0.25, -0.2) is 0 Å². The zero-order valence-corrected chi connectivity index (χ0v) is 8.31. The number of hydrogen-bond donors (Lipinski definition) is 1. The highest BCUT2D eigenvalue weighted by atomic mass is 16.5. The molecule has 0 aromatic heterocycles. The highest BCUT2D eigenvalue weighted by Gasteiger charge is 2.29. The van der Waals surface area contributed by atoms with E-state index >= 15 is 0 Å². The van der Waals surface area contributed by atoms with Gasteiger partial charge in [0.05, 0.1) is 0 Å². The van der Waals surface area contributed by atoms with E-state index in [1.54, 1.807) is 0 Å². The van der Waals surface area contributed by atoms with Gasteiger partial charge in [-0.1, -0.05) is 6.92 Å². The van der Waals surface area contributed by atoms with Crippen molar-refractivity contribution in [2.24, 2.45) is 11.8 Å². The second-order valence-electron chi connectivity index (χ2n) is 3.73. The lowest BCUT2D eigenvalue weighted by Gasteiger charge is -2.36. The van der Waals surface area contributed by atoms with Gasteiger partial charge in [-0.3, -0.25) is 0 Å². The maximum Gasteiger partial charge on any atom is 0.0497 e. The molecule has 1 N–H and O–H groups in total. The summed E-state index contributed by atoms with van der Waals surface area (Å²) in [5, 5.41) is 3.23. The average Bonchev–Trinajstić information content (AvgIpc) is 2.06. The van der Waals surface area contributed by atoms with Crippen molar-refractivity contribution in [1.82, 2.24) is 5.32 Å². The fraction of sp³-hybridized carbons (Fsp3) is 1.00. The Bertz CT molecular complexity index is 116. The number of ether oxygens (including phenoxy) is 1. The molecule has 2 atom stereocenters. The molecular weight excluding hydrogens is 150 g/mol. The summed E-state index contributed by atoms with van der Waals surface area (Å²) in [6, 6.07) is 0. The molecular formula is C10H21NO. The van der Waals surface area contributed by atoms with Crippen LogP contribution in [0.25, 0.3) is 0 Å². The average molecular weight is 171 g/mol. The molecule has 72 valence electrons. The van der Waals surface area contributed by atoms with E-state index in [0.717, 1.165) is 31.5 Å². The third kappa shape index (κ3) is 2.76. The molecule has 0 aliphatic heterocycles. The highest BCUT2D eigenvalue weighted by molar-refractivity contribution is 4.81. The van der Waals surface area contributed by atoms with Crippen LogP contribution < -0.4 is 5.32 Å². The molecule has 0 aromatic carbocycles. The molecule has 0 saturated heterocycles. The lowest BCUT2D eigenvalue weighted by atomic mass is 9.74. The van der Waals surface area contributed by atoms with Crippen LogP contribution in [0.3, 0.4) is 0 Å². The number of rotatable bonds is 6. The van der Waals surface area contributed by atoms with E-state index in [4.69, 9.17) is 4.74 Å². The molecule has 2 unspecified atom stereocenters. The molecule has 1 fully saturated rings. The maximum absolute atomic E-state index is 5.54. The van der Waals surface area contributed by atoms with E-state index in [9.17, 15) is 0 Å². The Hall–Kier alpha value is -0.0800. The third-order valence-electron chi connectivity index (χ3n) is 2.72. The van der Waals surface area contributed by atoms with E-state index in [2.05, 4.69) is 12.2 Å². The van der Waals surface area contributed by atoms with Crippen LogP contribution in [0.2, 0.25) is 0 Å². The summed E-state index contributed by atoms with van der Waals surface area (Å²) < 4.78 is 5.54. The molecule has 12 heavy (non-hydrogen) atoms. The molecule has 0 amide bonds. The minimum absolute atomic E-state index is 0.837. The Kier molecular flexibility index (Phi) is 4.62. The molecule has 0 aromatic rings. The van der Waals surface area contributed by atoms with Gasteiger partial charge in [-0.05, 0) is 44.7 Å². The summed E-state index contributed by atoms with van der Waals surface area (Å²) in [7, 11) is 2.03. The maximum atomic E-state index is 5.54. The van der Waals surface area contributed by atoms with Crippen LogP contribution in [0.1, 0.15) is 26.2 Å². The zero-order chi connectivity index (χ0) is 8.81. The Morgan fingerprint density at radius 2 is 2.08 bits per heavy atom. The lowest BCUT2D eigenvalue weighted by molar-refractivity contribution is 0.0329. The Morgan fingerprint density at radius 3 is 2.58 bits per heavy atom. The van der Waals surface area contributed by atoms with Gasteiger partial charge in [0.1, 0.15) is 0 Å². The molecule has 0 heterocycles. The van der Waals surface area contributed by atoms with Gasteiger partial charge in [0.15, 0.2) is 0 Å². The second-order valence-corrected chi connectivity index (χ2v) is 3.73. The largest absolute Gasteiger partial charge is 0.381 e. The summed E-state index contributed by atoms with van der Waals surface area (Å²) in [6.07, 6.45) is 3.90. The fourth-order valence-electron chi connectivity index (χ4n) is 1.77. The van der Waals surface area contributed by atoms with Crippen molar-refractivity contribution < 1.29 is 4.74 Å². The highest BCUT2D eigenvalue weighted by Crippen LogP contribution is 2.33.